The second-order valence-corrected chi connectivity index (χ2v) is 5.20. The van der Waals surface area contributed by atoms with Crippen LogP contribution in [0, 0.1) is 5.92 Å². The molecule has 0 amide bonds. The van der Waals surface area contributed by atoms with E-state index in [1.165, 1.54) is 6.42 Å². The molecule has 1 atom stereocenters. The lowest BCUT2D eigenvalue weighted by Crippen LogP contribution is -2.35. The third-order valence-corrected chi connectivity index (χ3v) is 3.81. The number of benzene rings is 1. The normalized spacial score (nSPS) is 19.9. The topological polar surface area (TPSA) is 40.5 Å². The van der Waals surface area contributed by atoms with Crippen molar-refractivity contribution in [1.82, 2.24) is 0 Å². The third kappa shape index (κ3) is 3.03. The second-order valence-electron chi connectivity index (χ2n) is 4.80. The van der Waals surface area contributed by atoms with Crippen molar-refractivity contribution in [2.24, 2.45) is 5.92 Å². The highest BCUT2D eigenvalue weighted by Gasteiger charge is 2.21. The molecule has 0 spiro atoms. The SMILES string of the molecule is O=Cc1ccc(N2CCCC(CCO)C2)c(Cl)c1. The van der Waals surface area contributed by atoms with Gasteiger partial charge in [-0.25, -0.2) is 0 Å². The van der Waals surface area contributed by atoms with Gasteiger partial charge in [0, 0.05) is 25.3 Å². The van der Waals surface area contributed by atoms with Gasteiger partial charge < -0.3 is 10.0 Å². The zero-order valence-corrected chi connectivity index (χ0v) is 11.1. The fourth-order valence-electron chi connectivity index (χ4n) is 2.55. The van der Waals surface area contributed by atoms with E-state index < -0.39 is 0 Å². The van der Waals surface area contributed by atoms with Gasteiger partial charge in [0.1, 0.15) is 6.29 Å². The number of aldehydes is 1. The summed E-state index contributed by atoms with van der Waals surface area (Å²) < 4.78 is 0. The fourth-order valence-corrected chi connectivity index (χ4v) is 2.86. The van der Waals surface area contributed by atoms with Gasteiger partial charge in [0.05, 0.1) is 10.7 Å². The zero-order chi connectivity index (χ0) is 13.0. The molecule has 4 heteroatoms. The lowest BCUT2D eigenvalue weighted by atomic mass is 9.94. The van der Waals surface area contributed by atoms with Crippen molar-refractivity contribution < 1.29 is 9.90 Å². The Kier molecular flexibility index (Phi) is 4.61. The highest BCUT2D eigenvalue weighted by molar-refractivity contribution is 6.33. The molecule has 1 aliphatic rings. The molecule has 2 rings (SSSR count). The van der Waals surface area contributed by atoms with Gasteiger partial charge in [0.25, 0.3) is 0 Å². The standard InChI is InChI=1S/C14H18ClNO2/c15-13-8-12(10-18)3-4-14(13)16-6-1-2-11(9-16)5-7-17/h3-4,8,10-11,17H,1-2,5-7,9H2. The first kappa shape index (κ1) is 13.4. The van der Waals surface area contributed by atoms with Crippen LogP contribution in [0.2, 0.25) is 5.02 Å². The Labute approximate surface area is 112 Å². The first-order valence-corrected chi connectivity index (χ1v) is 6.73. The molecule has 0 radical (unpaired) electrons. The number of anilines is 1. The van der Waals surface area contributed by atoms with Gasteiger partial charge in [-0.15, -0.1) is 0 Å². The molecule has 3 nitrogen and oxygen atoms in total. The van der Waals surface area contributed by atoms with Gasteiger partial charge in [-0.2, -0.15) is 0 Å². The summed E-state index contributed by atoms with van der Waals surface area (Å²) in [5.41, 5.74) is 1.59. The molecule has 1 heterocycles. The molecule has 1 aromatic rings. The quantitative estimate of drug-likeness (QED) is 0.853. The molecule has 0 aromatic heterocycles. The molecule has 1 fully saturated rings. The van der Waals surface area contributed by atoms with E-state index in [4.69, 9.17) is 16.7 Å². The Morgan fingerprint density at radius 2 is 2.33 bits per heavy atom. The summed E-state index contributed by atoms with van der Waals surface area (Å²) in [6, 6.07) is 5.41. The number of hydrogen-bond donors (Lipinski definition) is 1. The lowest BCUT2D eigenvalue weighted by molar-refractivity contribution is 0.112. The first-order valence-electron chi connectivity index (χ1n) is 6.35. The van der Waals surface area contributed by atoms with Crippen molar-refractivity contribution >= 4 is 23.6 Å². The maximum absolute atomic E-state index is 10.7. The summed E-state index contributed by atoms with van der Waals surface area (Å²) in [6.45, 7) is 2.17. The molecule has 0 bridgehead atoms. The number of carbonyl (C=O) groups is 1. The van der Waals surface area contributed by atoms with E-state index >= 15 is 0 Å². The monoisotopic (exact) mass is 267 g/mol. The van der Waals surface area contributed by atoms with Crippen molar-refractivity contribution in [3.05, 3.63) is 28.8 Å². The van der Waals surface area contributed by atoms with Gasteiger partial charge in [0.15, 0.2) is 0 Å². The van der Waals surface area contributed by atoms with Crippen LogP contribution in [0.25, 0.3) is 0 Å². The van der Waals surface area contributed by atoms with Crippen molar-refractivity contribution in [1.29, 1.82) is 0 Å². The van der Waals surface area contributed by atoms with E-state index in [2.05, 4.69) is 4.90 Å². The molecule has 18 heavy (non-hydrogen) atoms. The van der Waals surface area contributed by atoms with Gasteiger partial charge in [-0.3, -0.25) is 4.79 Å². The predicted molar refractivity (Wildman–Crippen MR) is 73.5 cm³/mol. The molecule has 98 valence electrons. The van der Waals surface area contributed by atoms with Gasteiger partial charge >= 0.3 is 0 Å². The molecule has 1 unspecified atom stereocenters. The molecule has 0 saturated carbocycles. The average molecular weight is 268 g/mol. The number of hydrogen-bond acceptors (Lipinski definition) is 3. The number of aliphatic hydroxyl groups is 1. The number of nitrogens with zero attached hydrogens (tertiary/aromatic N) is 1. The van der Waals surface area contributed by atoms with Crippen LogP contribution in [0.3, 0.4) is 0 Å². The van der Waals surface area contributed by atoms with E-state index in [1.807, 2.05) is 6.07 Å². The maximum Gasteiger partial charge on any atom is 0.150 e. The Morgan fingerprint density at radius 3 is 3.00 bits per heavy atom. The maximum atomic E-state index is 10.7. The van der Waals surface area contributed by atoms with Crippen LogP contribution in [-0.2, 0) is 0 Å². The van der Waals surface area contributed by atoms with Crippen LogP contribution >= 0.6 is 11.6 Å². The highest BCUT2D eigenvalue weighted by Crippen LogP contribution is 2.31. The molecule has 0 aliphatic carbocycles. The van der Waals surface area contributed by atoms with E-state index in [0.717, 1.165) is 37.9 Å². The third-order valence-electron chi connectivity index (χ3n) is 3.50. The van der Waals surface area contributed by atoms with Gasteiger partial charge in [0.2, 0.25) is 0 Å². The Bertz CT molecular complexity index is 420. The molecular weight excluding hydrogens is 250 g/mol. The van der Waals surface area contributed by atoms with Gasteiger partial charge in [-0.1, -0.05) is 11.6 Å². The van der Waals surface area contributed by atoms with Gasteiger partial charge in [-0.05, 0) is 43.4 Å². The summed E-state index contributed by atoms with van der Waals surface area (Å²) in [5, 5.41) is 9.64. The largest absolute Gasteiger partial charge is 0.396 e. The minimum absolute atomic E-state index is 0.246. The van der Waals surface area contributed by atoms with E-state index in [-0.39, 0.29) is 6.61 Å². The minimum atomic E-state index is 0.246. The summed E-state index contributed by atoms with van der Waals surface area (Å²) in [4.78, 5) is 12.9. The molecule has 1 aliphatic heterocycles. The average Bonchev–Trinajstić information content (AvgIpc) is 2.39. The van der Waals surface area contributed by atoms with Crippen molar-refractivity contribution in [3.8, 4) is 0 Å². The van der Waals surface area contributed by atoms with E-state index in [9.17, 15) is 4.79 Å². The molecular formula is C14H18ClNO2. The van der Waals surface area contributed by atoms with Crippen LogP contribution in [0.1, 0.15) is 29.6 Å². The molecule has 1 saturated heterocycles. The van der Waals surface area contributed by atoms with Crippen LogP contribution < -0.4 is 4.90 Å². The first-order chi connectivity index (χ1) is 8.74. The smallest absolute Gasteiger partial charge is 0.150 e. The highest BCUT2D eigenvalue weighted by atomic mass is 35.5. The number of halogens is 1. The van der Waals surface area contributed by atoms with Crippen molar-refractivity contribution in [3.63, 3.8) is 0 Å². The number of piperidine rings is 1. The predicted octanol–water partition coefficient (Wildman–Crippen LogP) is 2.75. The van der Waals surface area contributed by atoms with Crippen LogP contribution in [0.5, 0.6) is 0 Å². The van der Waals surface area contributed by atoms with Crippen LogP contribution in [-0.4, -0.2) is 31.1 Å². The second kappa shape index (κ2) is 6.21. The Balaban J connectivity index is 2.13. The van der Waals surface area contributed by atoms with Crippen molar-refractivity contribution in [2.75, 3.05) is 24.6 Å². The fraction of sp³-hybridized carbons (Fsp3) is 0.500. The van der Waals surface area contributed by atoms with E-state index in [0.29, 0.717) is 16.5 Å². The number of rotatable bonds is 4. The summed E-state index contributed by atoms with van der Waals surface area (Å²) in [7, 11) is 0. The van der Waals surface area contributed by atoms with Crippen LogP contribution in [0.15, 0.2) is 18.2 Å². The molecule has 1 N–H and O–H groups in total. The van der Waals surface area contributed by atoms with Crippen LogP contribution in [0.4, 0.5) is 5.69 Å². The zero-order valence-electron chi connectivity index (χ0n) is 10.3. The number of aliphatic hydroxyl groups excluding tert-OH is 1. The lowest BCUT2D eigenvalue weighted by Gasteiger charge is -2.34. The Morgan fingerprint density at radius 1 is 1.50 bits per heavy atom. The molecule has 1 aromatic carbocycles. The summed E-state index contributed by atoms with van der Waals surface area (Å²) >= 11 is 6.22. The van der Waals surface area contributed by atoms with E-state index in [1.54, 1.807) is 12.1 Å². The minimum Gasteiger partial charge on any atom is -0.396 e. The summed E-state index contributed by atoms with van der Waals surface area (Å²) in [5.74, 6) is 0.533. The van der Waals surface area contributed by atoms with Crippen molar-refractivity contribution in [2.45, 2.75) is 19.3 Å². The number of carbonyl (C=O) groups excluding carboxylic acids is 1. The Hall–Kier alpha value is -1.06. The summed E-state index contributed by atoms with van der Waals surface area (Å²) in [6.07, 6.45) is 3.94.